The lowest BCUT2D eigenvalue weighted by atomic mass is 9.91. The fraction of sp³-hybridized carbons (Fsp3) is 0.385. The van der Waals surface area contributed by atoms with Crippen LogP contribution < -0.4 is 0 Å². The molecule has 94 valence electrons. The summed E-state index contributed by atoms with van der Waals surface area (Å²) < 4.78 is 5.42. The molecule has 1 aliphatic carbocycles. The van der Waals surface area contributed by atoms with Gasteiger partial charge in [-0.3, -0.25) is 4.79 Å². The first-order valence-corrected chi connectivity index (χ1v) is 6.75. The van der Waals surface area contributed by atoms with Gasteiger partial charge in [-0.15, -0.1) is 11.3 Å². The minimum absolute atomic E-state index is 0.450. The quantitative estimate of drug-likeness (QED) is 0.903. The van der Waals surface area contributed by atoms with E-state index in [0.29, 0.717) is 6.42 Å². The number of hydrogen-bond donors (Lipinski definition) is 1. The van der Waals surface area contributed by atoms with E-state index in [1.807, 2.05) is 13.0 Å². The van der Waals surface area contributed by atoms with Crippen molar-refractivity contribution in [2.45, 2.75) is 32.1 Å². The average Bonchev–Trinajstić information content (AvgIpc) is 2.92. The van der Waals surface area contributed by atoms with Gasteiger partial charge in [-0.05, 0) is 37.8 Å². The molecule has 5 heteroatoms. The van der Waals surface area contributed by atoms with Crippen LogP contribution in [0.1, 0.15) is 34.9 Å². The van der Waals surface area contributed by atoms with Crippen LogP contribution in [0.25, 0.3) is 10.8 Å². The molecular weight excluding hydrogens is 250 g/mol. The summed E-state index contributed by atoms with van der Waals surface area (Å²) in [6, 6.07) is 1.89. The first-order valence-electron chi connectivity index (χ1n) is 5.93. The first kappa shape index (κ1) is 11.5. The van der Waals surface area contributed by atoms with Crippen molar-refractivity contribution >= 4 is 17.3 Å². The zero-order valence-corrected chi connectivity index (χ0v) is 10.8. The number of carboxylic acids is 1. The number of aliphatic carboxylic acids is 1. The predicted octanol–water partition coefficient (Wildman–Crippen LogP) is 3.22. The first-order chi connectivity index (χ1) is 8.66. The van der Waals surface area contributed by atoms with Crippen LogP contribution in [0.5, 0.6) is 0 Å². The van der Waals surface area contributed by atoms with Crippen molar-refractivity contribution in [2.24, 2.45) is 0 Å². The molecule has 1 N–H and O–H groups in total. The van der Waals surface area contributed by atoms with Crippen molar-refractivity contribution in [3.05, 3.63) is 28.5 Å². The third kappa shape index (κ3) is 1.75. The third-order valence-corrected chi connectivity index (χ3v) is 4.44. The maximum Gasteiger partial charge on any atom is 0.312 e. The number of carbonyl (C=O) groups is 1. The zero-order chi connectivity index (χ0) is 12.7. The van der Waals surface area contributed by atoms with Gasteiger partial charge in [0.1, 0.15) is 5.92 Å². The summed E-state index contributed by atoms with van der Waals surface area (Å²) in [5, 5.41) is 10.0. The summed E-state index contributed by atoms with van der Waals surface area (Å²) in [5.74, 6) is -0.462. The molecule has 0 fully saturated rings. The molecule has 0 saturated carbocycles. The molecule has 1 unspecified atom stereocenters. The van der Waals surface area contributed by atoms with Gasteiger partial charge in [0.05, 0.1) is 12.0 Å². The van der Waals surface area contributed by atoms with Gasteiger partial charge in [-0.1, -0.05) is 0 Å². The highest BCUT2D eigenvalue weighted by molar-refractivity contribution is 7.15. The second kappa shape index (κ2) is 4.24. The normalized spacial score (nSPS) is 18.6. The van der Waals surface area contributed by atoms with Crippen molar-refractivity contribution in [1.29, 1.82) is 0 Å². The van der Waals surface area contributed by atoms with E-state index in [-0.39, 0.29) is 0 Å². The van der Waals surface area contributed by atoms with Crippen LogP contribution >= 0.6 is 11.3 Å². The number of hydrogen-bond acceptors (Lipinski definition) is 4. The van der Waals surface area contributed by atoms with E-state index >= 15 is 0 Å². The van der Waals surface area contributed by atoms with Gasteiger partial charge >= 0.3 is 5.97 Å². The summed E-state index contributed by atoms with van der Waals surface area (Å²) in [7, 11) is 0. The van der Waals surface area contributed by atoms with E-state index < -0.39 is 11.9 Å². The maximum absolute atomic E-state index is 11.2. The topological polar surface area (TPSA) is 63.3 Å². The Kier molecular flexibility index (Phi) is 2.70. The van der Waals surface area contributed by atoms with Crippen molar-refractivity contribution in [3.8, 4) is 10.8 Å². The van der Waals surface area contributed by atoms with Gasteiger partial charge in [0.25, 0.3) is 0 Å². The number of thiazole rings is 1. The second-order valence-electron chi connectivity index (χ2n) is 4.54. The Labute approximate surface area is 108 Å². The zero-order valence-electron chi connectivity index (χ0n) is 9.97. The fourth-order valence-corrected chi connectivity index (χ4v) is 3.57. The van der Waals surface area contributed by atoms with E-state index in [1.54, 1.807) is 17.6 Å². The van der Waals surface area contributed by atoms with Crippen LogP contribution in [0.2, 0.25) is 0 Å². The lowest BCUT2D eigenvalue weighted by Gasteiger charge is -2.16. The summed E-state index contributed by atoms with van der Waals surface area (Å²) in [6.45, 7) is 1.97. The minimum Gasteiger partial charge on any atom is -0.481 e. The molecule has 0 amide bonds. The summed E-state index contributed by atoms with van der Waals surface area (Å²) in [4.78, 5) is 16.8. The van der Waals surface area contributed by atoms with Gasteiger partial charge in [0, 0.05) is 4.88 Å². The Bertz CT molecular complexity index is 599. The minimum atomic E-state index is -0.774. The molecular formula is C13H13NO3S. The van der Waals surface area contributed by atoms with Gasteiger partial charge in [-0.2, -0.15) is 0 Å². The van der Waals surface area contributed by atoms with Crippen LogP contribution in [0, 0.1) is 6.92 Å². The van der Waals surface area contributed by atoms with E-state index in [2.05, 4.69) is 4.98 Å². The molecule has 1 aliphatic rings. The average molecular weight is 263 g/mol. The Morgan fingerprint density at radius 1 is 1.61 bits per heavy atom. The molecule has 0 aliphatic heterocycles. The molecule has 0 spiro atoms. The van der Waals surface area contributed by atoms with Crippen molar-refractivity contribution in [1.82, 2.24) is 4.98 Å². The third-order valence-electron chi connectivity index (χ3n) is 3.31. The molecule has 3 rings (SSSR count). The molecule has 0 saturated heterocycles. The number of furan rings is 1. The molecule has 4 nitrogen and oxygen atoms in total. The summed E-state index contributed by atoms with van der Waals surface area (Å²) >= 11 is 1.56. The standard InChI is InChI=1S/C13H13NO3S/c1-7-5-6-17-11(7)12-14-10-8(13(15)16)3-2-4-9(10)18-12/h5-6,8H,2-4H2,1H3,(H,15,16). The number of aryl methyl sites for hydroxylation is 2. The predicted molar refractivity (Wildman–Crippen MR) is 67.9 cm³/mol. The molecule has 2 heterocycles. The number of rotatable bonds is 2. The Morgan fingerprint density at radius 3 is 3.11 bits per heavy atom. The number of nitrogens with zero attached hydrogens (tertiary/aromatic N) is 1. The maximum atomic E-state index is 11.2. The Balaban J connectivity index is 2.06. The number of carboxylic acid groups (broad SMARTS) is 1. The van der Waals surface area contributed by atoms with Crippen molar-refractivity contribution < 1.29 is 14.3 Å². The van der Waals surface area contributed by atoms with Crippen LogP contribution in [-0.2, 0) is 11.2 Å². The smallest absolute Gasteiger partial charge is 0.312 e. The number of aromatic nitrogens is 1. The highest BCUT2D eigenvalue weighted by Gasteiger charge is 2.30. The number of fused-ring (bicyclic) bond motifs is 1. The van der Waals surface area contributed by atoms with Crippen LogP contribution in [-0.4, -0.2) is 16.1 Å². The van der Waals surface area contributed by atoms with Crippen molar-refractivity contribution in [2.75, 3.05) is 0 Å². The van der Waals surface area contributed by atoms with Crippen LogP contribution in [0.3, 0.4) is 0 Å². The van der Waals surface area contributed by atoms with Gasteiger partial charge in [0.15, 0.2) is 10.8 Å². The van der Waals surface area contributed by atoms with Crippen LogP contribution in [0.15, 0.2) is 16.7 Å². The monoisotopic (exact) mass is 263 g/mol. The van der Waals surface area contributed by atoms with Crippen LogP contribution in [0.4, 0.5) is 0 Å². The van der Waals surface area contributed by atoms with Crippen molar-refractivity contribution in [3.63, 3.8) is 0 Å². The van der Waals surface area contributed by atoms with E-state index in [1.165, 1.54) is 0 Å². The largest absolute Gasteiger partial charge is 0.481 e. The molecule has 2 aromatic heterocycles. The Hall–Kier alpha value is -1.62. The lowest BCUT2D eigenvalue weighted by molar-refractivity contribution is -0.139. The van der Waals surface area contributed by atoms with E-state index in [0.717, 1.165) is 39.7 Å². The molecule has 18 heavy (non-hydrogen) atoms. The fourth-order valence-electron chi connectivity index (χ4n) is 2.35. The van der Waals surface area contributed by atoms with Gasteiger partial charge in [-0.25, -0.2) is 4.98 Å². The Morgan fingerprint density at radius 2 is 2.44 bits per heavy atom. The van der Waals surface area contributed by atoms with Gasteiger partial charge < -0.3 is 9.52 Å². The van der Waals surface area contributed by atoms with E-state index in [9.17, 15) is 9.90 Å². The van der Waals surface area contributed by atoms with Gasteiger partial charge in [0.2, 0.25) is 0 Å². The highest BCUT2D eigenvalue weighted by atomic mass is 32.1. The highest BCUT2D eigenvalue weighted by Crippen LogP contribution is 2.39. The molecule has 0 bridgehead atoms. The molecule has 2 aromatic rings. The van der Waals surface area contributed by atoms with E-state index in [4.69, 9.17) is 4.42 Å². The summed E-state index contributed by atoms with van der Waals surface area (Å²) in [6.07, 6.45) is 4.17. The molecule has 0 radical (unpaired) electrons. The SMILES string of the molecule is Cc1ccoc1-c1nc2c(s1)CCCC2C(=O)O. The molecule has 0 aromatic carbocycles. The molecule has 1 atom stereocenters. The lowest BCUT2D eigenvalue weighted by Crippen LogP contribution is -2.17. The second-order valence-corrected chi connectivity index (χ2v) is 5.63. The summed E-state index contributed by atoms with van der Waals surface area (Å²) in [5.41, 5.74) is 1.78.